The number of nitrogens with zero attached hydrogens (tertiary/aromatic N) is 1. The monoisotopic (exact) mass is 305 g/mol. The number of carboxylic acid groups (broad SMARTS) is 1. The molecule has 0 radical (unpaired) electrons. The van der Waals surface area contributed by atoms with Crippen LogP contribution in [0.4, 0.5) is 4.79 Å². The second-order valence-corrected chi connectivity index (χ2v) is 5.86. The van der Waals surface area contributed by atoms with Crippen LogP contribution >= 0.6 is 0 Å². The van der Waals surface area contributed by atoms with Crippen LogP contribution in [0.3, 0.4) is 0 Å². The molecule has 1 aliphatic heterocycles. The van der Waals surface area contributed by atoms with E-state index in [1.807, 2.05) is 25.1 Å². The molecule has 5 heteroatoms. The fourth-order valence-electron chi connectivity index (χ4n) is 2.91. The molecule has 1 aromatic carbocycles. The van der Waals surface area contributed by atoms with Gasteiger partial charge in [-0.2, -0.15) is 0 Å². The van der Waals surface area contributed by atoms with Crippen molar-refractivity contribution in [3.63, 3.8) is 0 Å². The molecule has 0 aromatic heterocycles. The van der Waals surface area contributed by atoms with Gasteiger partial charge in [-0.3, -0.25) is 4.90 Å². The molecule has 1 amide bonds. The number of ether oxygens (including phenoxy) is 1. The topological polar surface area (TPSA) is 66.8 Å². The smallest absolute Gasteiger partial charge is 0.408 e. The third-order valence-electron chi connectivity index (χ3n) is 4.16. The van der Waals surface area contributed by atoms with E-state index in [9.17, 15) is 14.7 Å². The number of unbranched alkanes of at least 4 members (excludes halogenated alkanes) is 1. The van der Waals surface area contributed by atoms with Gasteiger partial charge in [0, 0.05) is 6.04 Å². The summed E-state index contributed by atoms with van der Waals surface area (Å²) >= 11 is 0. The number of hydrogen-bond acceptors (Lipinski definition) is 3. The Morgan fingerprint density at radius 1 is 1.32 bits per heavy atom. The van der Waals surface area contributed by atoms with E-state index in [0.29, 0.717) is 0 Å². The number of aryl methyl sites for hydroxylation is 1. The summed E-state index contributed by atoms with van der Waals surface area (Å²) in [4.78, 5) is 24.2. The van der Waals surface area contributed by atoms with Gasteiger partial charge in [0.1, 0.15) is 6.10 Å². The highest BCUT2D eigenvalue weighted by molar-refractivity contribution is 5.86. The second-order valence-electron chi connectivity index (χ2n) is 5.86. The van der Waals surface area contributed by atoms with Crippen LogP contribution in [-0.2, 0) is 16.0 Å². The van der Waals surface area contributed by atoms with E-state index in [-0.39, 0.29) is 12.1 Å². The van der Waals surface area contributed by atoms with Crippen molar-refractivity contribution in [1.29, 1.82) is 0 Å². The van der Waals surface area contributed by atoms with Gasteiger partial charge < -0.3 is 9.84 Å². The van der Waals surface area contributed by atoms with Gasteiger partial charge in [-0.05, 0) is 38.7 Å². The third-order valence-corrected chi connectivity index (χ3v) is 4.16. The predicted octanol–water partition coefficient (Wildman–Crippen LogP) is 3.08. The van der Waals surface area contributed by atoms with Gasteiger partial charge >= 0.3 is 12.1 Å². The Balaban J connectivity index is 1.80. The van der Waals surface area contributed by atoms with Crippen molar-refractivity contribution < 1.29 is 19.4 Å². The Morgan fingerprint density at radius 2 is 2.00 bits per heavy atom. The molecule has 22 heavy (non-hydrogen) atoms. The van der Waals surface area contributed by atoms with Crippen LogP contribution in [0.25, 0.3) is 0 Å². The highest BCUT2D eigenvalue weighted by Gasteiger charge is 2.47. The zero-order chi connectivity index (χ0) is 16.1. The molecule has 0 saturated carbocycles. The van der Waals surface area contributed by atoms with Crippen molar-refractivity contribution in [2.24, 2.45) is 0 Å². The first-order valence-corrected chi connectivity index (χ1v) is 7.76. The van der Waals surface area contributed by atoms with Crippen LogP contribution in [0.2, 0.25) is 0 Å². The van der Waals surface area contributed by atoms with Crippen molar-refractivity contribution in [3.8, 4) is 0 Å². The molecular weight excluding hydrogens is 282 g/mol. The fraction of sp³-hybridized carbons (Fsp3) is 0.529. The SMILES string of the molecule is C[C@@H]1OC(=O)[C@@H]1N(C(=O)O)[C@@H](C)CCCCc1ccccc1. The van der Waals surface area contributed by atoms with Crippen molar-refractivity contribution in [2.45, 2.75) is 57.7 Å². The minimum atomic E-state index is -1.05. The number of esters is 1. The summed E-state index contributed by atoms with van der Waals surface area (Å²) in [5.41, 5.74) is 1.29. The number of hydrogen-bond donors (Lipinski definition) is 1. The molecule has 0 unspecified atom stereocenters. The Hall–Kier alpha value is -2.04. The highest BCUT2D eigenvalue weighted by atomic mass is 16.6. The molecule has 2 rings (SSSR count). The van der Waals surface area contributed by atoms with E-state index in [1.165, 1.54) is 10.5 Å². The predicted molar refractivity (Wildman–Crippen MR) is 82.7 cm³/mol. The van der Waals surface area contributed by atoms with Crippen molar-refractivity contribution in [2.75, 3.05) is 0 Å². The maximum atomic E-state index is 11.5. The molecular formula is C17H23NO4. The zero-order valence-corrected chi connectivity index (χ0v) is 13.1. The van der Waals surface area contributed by atoms with Gasteiger partial charge in [-0.15, -0.1) is 0 Å². The number of rotatable bonds is 7. The lowest BCUT2D eigenvalue weighted by atomic mass is 10.0. The normalized spacial score (nSPS) is 21.6. The molecule has 0 aliphatic carbocycles. The van der Waals surface area contributed by atoms with E-state index in [1.54, 1.807) is 6.92 Å². The molecule has 1 fully saturated rings. The minimum Gasteiger partial charge on any atom is -0.465 e. The number of carbonyl (C=O) groups excluding carboxylic acids is 1. The maximum Gasteiger partial charge on any atom is 0.408 e. The fourth-order valence-corrected chi connectivity index (χ4v) is 2.91. The van der Waals surface area contributed by atoms with E-state index in [2.05, 4.69) is 12.1 Å². The van der Waals surface area contributed by atoms with E-state index in [0.717, 1.165) is 25.7 Å². The minimum absolute atomic E-state index is 0.187. The number of carbonyl (C=O) groups is 2. The number of cyclic esters (lactones) is 1. The molecule has 3 atom stereocenters. The molecule has 1 aromatic rings. The van der Waals surface area contributed by atoms with Gasteiger partial charge in [-0.25, -0.2) is 9.59 Å². The van der Waals surface area contributed by atoms with Crippen LogP contribution < -0.4 is 0 Å². The summed E-state index contributed by atoms with van der Waals surface area (Å²) in [5.74, 6) is -0.439. The average molecular weight is 305 g/mol. The third kappa shape index (κ3) is 3.78. The molecule has 5 nitrogen and oxygen atoms in total. The highest BCUT2D eigenvalue weighted by Crippen LogP contribution is 2.24. The van der Waals surface area contributed by atoms with Gasteiger partial charge in [0.25, 0.3) is 0 Å². The molecule has 1 saturated heterocycles. The van der Waals surface area contributed by atoms with Crippen LogP contribution in [0.1, 0.15) is 38.7 Å². The van der Waals surface area contributed by atoms with Crippen LogP contribution in [0, 0.1) is 0 Å². The lowest BCUT2D eigenvalue weighted by Gasteiger charge is -2.41. The summed E-state index contributed by atoms with van der Waals surface area (Å²) in [6.45, 7) is 3.58. The summed E-state index contributed by atoms with van der Waals surface area (Å²) < 4.78 is 4.87. The van der Waals surface area contributed by atoms with Crippen molar-refractivity contribution in [3.05, 3.63) is 35.9 Å². The first kappa shape index (κ1) is 16.3. The van der Waals surface area contributed by atoms with Gasteiger partial charge in [-0.1, -0.05) is 36.8 Å². The number of amides is 1. The molecule has 1 heterocycles. The molecule has 0 spiro atoms. The molecule has 120 valence electrons. The van der Waals surface area contributed by atoms with Crippen LogP contribution in [0.15, 0.2) is 30.3 Å². The Morgan fingerprint density at radius 3 is 2.55 bits per heavy atom. The summed E-state index contributed by atoms with van der Waals surface area (Å²) in [5, 5.41) is 9.37. The standard InChI is InChI=1S/C17H23NO4/c1-12(8-6-7-11-14-9-4-3-5-10-14)18(17(20)21)15-13(2)22-16(15)19/h3-5,9-10,12-13,15H,6-8,11H2,1-2H3,(H,20,21)/t12-,13-,15+/m0/s1. The quantitative estimate of drug-likeness (QED) is 0.621. The summed E-state index contributed by atoms with van der Waals surface area (Å²) in [7, 11) is 0. The zero-order valence-electron chi connectivity index (χ0n) is 13.1. The lowest BCUT2D eigenvalue weighted by Crippen LogP contribution is -2.62. The van der Waals surface area contributed by atoms with Crippen LogP contribution in [-0.4, -0.2) is 40.3 Å². The lowest BCUT2D eigenvalue weighted by molar-refractivity contribution is -0.185. The first-order valence-electron chi connectivity index (χ1n) is 7.76. The number of benzene rings is 1. The summed E-state index contributed by atoms with van der Waals surface area (Å²) in [6, 6.07) is 9.39. The van der Waals surface area contributed by atoms with Crippen LogP contribution in [0.5, 0.6) is 0 Å². The molecule has 1 N–H and O–H groups in total. The average Bonchev–Trinajstić information content (AvgIpc) is 2.49. The Labute approximate surface area is 130 Å². The van der Waals surface area contributed by atoms with E-state index in [4.69, 9.17) is 4.74 Å². The first-order chi connectivity index (χ1) is 10.5. The van der Waals surface area contributed by atoms with Crippen molar-refractivity contribution in [1.82, 2.24) is 4.90 Å². The van der Waals surface area contributed by atoms with Crippen molar-refractivity contribution >= 4 is 12.1 Å². The van der Waals surface area contributed by atoms with Gasteiger partial charge in [0.05, 0.1) is 0 Å². The maximum absolute atomic E-state index is 11.5. The van der Waals surface area contributed by atoms with Gasteiger partial charge in [0.15, 0.2) is 6.04 Å². The largest absolute Gasteiger partial charge is 0.465 e. The Bertz CT molecular complexity index is 517. The molecule has 0 bridgehead atoms. The second kappa shape index (κ2) is 7.29. The van der Waals surface area contributed by atoms with E-state index >= 15 is 0 Å². The Kier molecular flexibility index (Phi) is 5.41. The van der Waals surface area contributed by atoms with E-state index < -0.39 is 18.1 Å². The molecule has 1 aliphatic rings. The summed E-state index contributed by atoms with van der Waals surface area (Å²) in [6.07, 6.45) is 2.26. The van der Waals surface area contributed by atoms with Gasteiger partial charge in [0.2, 0.25) is 0 Å².